The summed E-state index contributed by atoms with van der Waals surface area (Å²) in [5.41, 5.74) is -1.52. The highest BCUT2D eigenvalue weighted by Gasteiger charge is 2.43. The third-order valence-corrected chi connectivity index (χ3v) is 10.4. The Morgan fingerprint density at radius 2 is 1.47 bits per heavy atom. The number of rotatable bonds is 4. The smallest absolute Gasteiger partial charge is 0.319 e. The average molecular weight is 702 g/mol. The van der Waals surface area contributed by atoms with E-state index in [2.05, 4.69) is 49.4 Å². The first-order valence-electron chi connectivity index (χ1n) is 19.6. The number of aliphatic hydroxyl groups is 1. The van der Waals surface area contributed by atoms with Crippen molar-refractivity contribution in [3.05, 3.63) is 0 Å². The van der Waals surface area contributed by atoms with Gasteiger partial charge in [-0.1, -0.05) is 48.5 Å². The number of Topliss-reactive ketones (excluding diaryl/α,β-unsaturated/α-hetero) is 1. The summed E-state index contributed by atoms with van der Waals surface area (Å²) in [4.78, 5) is 33.1. The fourth-order valence-corrected chi connectivity index (χ4v) is 7.21. The van der Waals surface area contributed by atoms with Crippen LogP contribution in [-0.2, 0) is 23.8 Å². The van der Waals surface area contributed by atoms with Crippen molar-refractivity contribution in [3.8, 4) is 0 Å². The van der Waals surface area contributed by atoms with Gasteiger partial charge in [0.2, 0.25) is 0 Å². The van der Waals surface area contributed by atoms with Crippen molar-refractivity contribution in [2.45, 2.75) is 177 Å². The topological polar surface area (TPSA) is 91.8 Å². The van der Waals surface area contributed by atoms with E-state index in [1.807, 2.05) is 69.5 Å². The number of hydrogen-bond donors (Lipinski definition) is 1. The van der Waals surface area contributed by atoms with Crippen LogP contribution in [0, 0.1) is 17.3 Å². The Kier molecular flexibility index (Phi) is 25.5. The number of aliphatic hydroxyl groups excluding tert-OH is 1. The van der Waals surface area contributed by atoms with Gasteiger partial charge in [-0.3, -0.25) is 14.5 Å². The number of likely N-dealkylation sites (N-methyl/N-ethyl adjacent to an activating group) is 2. The molecule has 0 radical (unpaired) electrons. The molecular weight excluding hydrogens is 618 g/mol. The first kappa shape index (κ1) is 50.0. The zero-order valence-corrected chi connectivity index (χ0v) is 35.5. The van der Waals surface area contributed by atoms with E-state index in [1.54, 1.807) is 21.0 Å². The van der Waals surface area contributed by atoms with Crippen LogP contribution in [0.5, 0.6) is 0 Å². The van der Waals surface area contributed by atoms with E-state index >= 15 is 0 Å². The van der Waals surface area contributed by atoms with Crippen LogP contribution in [0.4, 0.5) is 0 Å². The van der Waals surface area contributed by atoms with Gasteiger partial charge in [-0.05, 0) is 134 Å². The Labute approximate surface area is 304 Å². The predicted octanol–water partition coefficient (Wildman–Crippen LogP) is 7.32. The van der Waals surface area contributed by atoms with Gasteiger partial charge in [-0.2, -0.15) is 0 Å². The number of ketones is 1. The number of esters is 1. The number of piperidine rings is 1. The van der Waals surface area contributed by atoms with Crippen LogP contribution in [0.25, 0.3) is 0 Å². The number of carbonyl (C=O) groups excluding carboxylic acids is 2. The van der Waals surface area contributed by atoms with Gasteiger partial charge in [-0.25, -0.2) is 0 Å². The fraction of sp³-hybridized carbons (Fsp3) is 0.950. The second kappa shape index (κ2) is 25.0. The van der Waals surface area contributed by atoms with Crippen molar-refractivity contribution in [1.82, 2.24) is 14.7 Å². The van der Waals surface area contributed by atoms with Crippen molar-refractivity contribution in [2.75, 3.05) is 54.5 Å². The molecule has 3 aliphatic rings. The van der Waals surface area contributed by atoms with Crippen molar-refractivity contribution in [3.63, 3.8) is 0 Å². The number of methoxy groups -OCH3 is 1. The first-order valence-corrected chi connectivity index (χ1v) is 19.6. The molecule has 3 fully saturated rings. The lowest BCUT2D eigenvalue weighted by Crippen LogP contribution is -2.52. The maximum Gasteiger partial charge on any atom is 0.319 e. The van der Waals surface area contributed by atoms with Crippen molar-refractivity contribution in [2.24, 2.45) is 17.3 Å². The predicted molar refractivity (Wildman–Crippen MR) is 206 cm³/mol. The summed E-state index contributed by atoms with van der Waals surface area (Å²) in [5, 5.41) is 9.76. The Bertz CT molecular complexity index is 876. The summed E-state index contributed by atoms with van der Waals surface area (Å²) in [6, 6.07) is 0.983. The Morgan fingerprint density at radius 1 is 0.939 bits per heavy atom. The molecule has 9 heteroatoms. The maximum atomic E-state index is 13.2. The SMILES string of the molecule is CC.CC.CC.CC1CC(N(C)C)[C@@H](O)C(C)O1.COC1(C)CCCN(C)C(C2CCN(C(C)C)CC2)COC(=O)C(C)(C)C(=O)[C@H](C)C1. The highest BCUT2D eigenvalue weighted by molar-refractivity contribution is 6.03. The van der Waals surface area contributed by atoms with Crippen LogP contribution in [-0.4, -0.2) is 128 Å². The number of likely N-dealkylation sites (tertiary alicyclic amines) is 1. The summed E-state index contributed by atoms with van der Waals surface area (Å²) in [5.74, 6) is -0.234. The minimum absolute atomic E-state index is 0.0406. The lowest BCUT2D eigenvalue weighted by atomic mass is 9.77. The third-order valence-electron chi connectivity index (χ3n) is 10.4. The molecule has 0 saturated carbocycles. The minimum atomic E-state index is -1.15. The van der Waals surface area contributed by atoms with Gasteiger partial charge >= 0.3 is 5.97 Å². The van der Waals surface area contributed by atoms with Gasteiger partial charge in [0, 0.05) is 31.2 Å². The highest BCUT2D eigenvalue weighted by atomic mass is 16.5. The number of hydrogen-bond acceptors (Lipinski definition) is 9. The molecule has 5 unspecified atom stereocenters. The van der Waals surface area contributed by atoms with Crippen LogP contribution in [0.2, 0.25) is 0 Å². The summed E-state index contributed by atoms with van der Waals surface area (Å²) in [6.45, 7) is 31.3. The van der Waals surface area contributed by atoms with E-state index < -0.39 is 11.4 Å². The van der Waals surface area contributed by atoms with Crippen LogP contribution in [0.1, 0.15) is 135 Å². The minimum Gasteiger partial charge on any atom is -0.463 e. The summed E-state index contributed by atoms with van der Waals surface area (Å²) in [6.07, 6.45) is 5.49. The van der Waals surface area contributed by atoms with Gasteiger partial charge in [0.05, 0.1) is 23.9 Å². The summed E-state index contributed by atoms with van der Waals surface area (Å²) >= 11 is 0. The fourth-order valence-electron chi connectivity index (χ4n) is 7.21. The van der Waals surface area contributed by atoms with Gasteiger partial charge in [0.25, 0.3) is 0 Å². The normalized spacial score (nSPS) is 32.2. The van der Waals surface area contributed by atoms with Gasteiger partial charge in [-0.15, -0.1) is 0 Å². The van der Waals surface area contributed by atoms with Gasteiger partial charge in [0.1, 0.15) is 12.0 Å². The molecule has 0 amide bonds. The second-order valence-corrected chi connectivity index (χ2v) is 14.9. The number of ether oxygens (including phenoxy) is 3. The molecule has 0 bridgehead atoms. The second-order valence-electron chi connectivity index (χ2n) is 14.9. The first-order chi connectivity index (χ1) is 22.9. The van der Waals surface area contributed by atoms with Crippen LogP contribution < -0.4 is 0 Å². The van der Waals surface area contributed by atoms with Crippen molar-refractivity contribution in [1.29, 1.82) is 0 Å². The molecule has 294 valence electrons. The molecule has 3 aliphatic heterocycles. The van der Waals surface area contributed by atoms with Crippen LogP contribution >= 0.6 is 0 Å². The molecule has 7 atom stereocenters. The monoisotopic (exact) mass is 702 g/mol. The molecule has 1 N–H and O–H groups in total. The molecular formula is C40H83N3O6. The summed E-state index contributed by atoms with van der Waals surface area (Å²) in [7, 11) is 7.87. The average Bonchev–Trinajstić information content (AvgIpc) is 3.08. The van der Waals surface area contributed by atoms with Gasteiger partial charge in [0.15, 0.2) is 5.78 Å². The van der Waals surface area contributed by atoms with Crippen molar-refractivity contribution < 1.29 is 28.9 Å². The third kappa shape index (κ3) is 16.0. The Morgan fingerprint density at radius 3 is 1.94 bits per heavy atom. The van der Waals surface area contributed by atoms with Crippen molar-refractivity contribution >= 4 is 11.8 Å². The van der Waals surface area contributed by atoms with E-state index in [4.69, 9.17) is 14.2 Å². The molecule has 0 aromatic carbocycles. The molecule has 0 aromatic heterocycles. The lowest BCUT2D eigenvalue weighted by molar-refractivity contribution is -0.162. The van der Waals surface area contributed by atoms with Crippen LogP contribution in [0.15, 0.2) is 0 Å². The standard InChI is InChI=1S/C25H46N2O4.C9H19NO2.3C2H6/c1-18(2)27-14-10-20(11-15-27)21-17-31-23(29)24(4,5)22(28)19(3)16-25(6,30-8)12-9-13-26(21)7;1-6-5-8(10(3)4)9(11)7(2)12-6;3*1-2/h18-21H,9-17H2,1-8H3;6-9,11H,5H2,1-4H3;3*1-2H3/t19-,21?,25?;6?,7?,8?,9-;;;/m10.../s1. The molecule has 49 heavy (non-hydrogen) atoms. The van der Waals surface area contributed by atoms with E-state index in [0.29, 0.717) is 25.0 Å². The molecule has 0 aromatic rings. The number of carbonyl (C=O) groups is 2. The van der Waals surface area contributed by atoms with Gasteiger partial charge < -0.3 is 29.1 Å². The summed E-state index contributed by atoms with van der Waals surface area (Å²) < 4.78 is 17.2. The molecule has 0 aliphatic carbocycles. The maximum absolute atomic E-state index is 13.2. The lowest BCUT2D eigenvalue weighted by Gasteiger charge is -2.41. The Hall–Kier alpha value is -1.10. The zero-order chi connectivity index (χ0) is 38.7. The largest absolute Gasteiger partial charge is 0.463 e. The molecule has 9 nitrogen and oxygen atoms in total. The van der Waals surface area contributed by atoms with E-state index in [9.17, 15) is 14.7 Å². The number of cyclic esters (lactones) is 1. The quantitative estimate of drug-likeness (QED) is 0.239. The number of nitrogens with zero attached hydrogens (tertiary/aromatic N) is 3. The van der Waals surface area contributed by atoms with E-state index in [1.165, 1.54) is 0 Å². The Balaban J connectivity index is 0. The molecule has 3 saturated heterocycles. The highest BCUT2D eigenvalue weighted by Crippen LogP contribution is 2.33. The molecule has 3 heterocycles. The van der Waals surface area contributed by atoms with E-state index in [-0.39, 0.29) is 47.7 Å². The van der Waals surface area contributed by atoms with E-state index in [0.717, 1.165) is 51.7 Å². The molecule has 0 spiro atoms. The van der Waals surface area contributed by atoms with Crippen LogP contribution in [0.3, 0.4) is 0 Å². The molecule has 3 rings (SSSR count). The zero-order valence-electron chi connectivity index (χ0n) is 35.5.